The molecule has 6 heteroatoms. The predicted molar refractivity (Wildman–Crippen MR) is 102 cm³/mol. The van der Waals surface area contributed by atoms with Gasteiger partial charge in [0.2, 0.25) is 5.91 Å². The average Bonchev–Trinajstić information content (AvgIpc) is 2.64. The van der Waals surface area contributed by atoms with Crippen molar-refractivity contribution in [1.82, 2.24) is 10.6 Å². The predicted octanol–water partition coefficient (Wildman–Crippen LogP) is 3.09. The van der Waals surface area contributed by atoms with Gasteiger partial charge in [-0.3, -0.25) is 4.79 Å². The molecule has 2 rings (SSSR count). The quantitative estimate of drug-likeness (QED) is 0.637. The Labute approximate surface area is 153 Å². The van der Waals surface area contributed by atoms with Gasteiger partial charge in [-0.15, -0.1) is 0 Å². The van der Waals surface area contributed by atoms with Crippen LogP contribution < -0.4 is 20.7 Å². The number of hydrogen-bond donors (Lipinski definition) is 3. The third-order valence-corrected chi connectivity index (χ3v) is 3.79. The summed E-state index contributed by atoms with van der Waals surface area (Å²) in [4.78, 5) is 22.9. The highest BCUT2D eigenvalue weighted by molar-refractivity contribution is 5.88. The maximum atomic E-state index is 11.9. The SMILES string of the molecule is COc1ccc(CCCNC(=O)NCc2cccc(NC(C)=O)c2)cc1. The topological polar surface area (TPSA) is 79.5 Å². The molecule has 0 atom stereocenters. The van der Waals surface area contributed by atoms with Gasteiger partial charge in [0.1, 0.15) is 5.75 Å². The second kappa shape index (κ2) is 10.1. The third kappa shape index (κ3) is 6.84. The van der Waals surface area contributed by atoms with Crippen LogP contribution in [-0.4, -0.2) is 25.6 Å². The summed E-state index contributed by atoms with van der Waals surface area (Å²) in [6.07, 6.45) is 1.75. The van der Waals surface area contributed by atoms with Crippen LogP contribution >= 0.6 is 0 Å². The lowest BCUT2D eigenvalue weighted by molar-refractivity contribution is -0.114. The van der Waals surface area contributed by atoms with Crippen molar-refractivity contribution in [2.45, 2.75) is 26.3 Å². The molecule has 0 radical (unpaired) electrons. The van der Waals surface area contributed by atoms with Crippen LogP contribution in [0.1, 0.15) is 24.5 Å². The van der Waals surface area contributed by atoms with Gasteiger partial charge in [-0.1, -0.05) is 24.3 Å². The van der Waals surface area contributed by atoms with Crippen LogP contribution in [0.15, 0.2) is 48.5 Å². The molecule has 2 aromatic rings. The highest BCUT2D eigenvalue weighted by Crippen LogP contribution is 2.12. The van der Waals surface area contributed by atoms with E-state index in [1.807, 2.05) is 48.5 Å². The Morgan fingerprint density at radius 1 is 1.00 bits per heavy atom. The van der Waals surface area contributed by atoms with Gasteiger partial charge in [-0.05, 0) is 48.2 Å². The number of anilines is 1. The molecule has 0 aliphatic heterocycles. The van der Waals surface area contributed by atoms with Gasteiger partial charge in [0, 0.05) is 25.7 Å². The van der Waals surface area contributed by atoms with Crippen LogP contribution in [-0.2, 0) is 17.8 Å². The van der Waals surface area contributed by atoms with Crippen LogP contribution in [0, 0.1) is 0 Å². The number of carbonyl (C=O) groups is 2. The lowest BCUT2D eigenvalue weighted by atomic mass is 10.1. The minimum absolute atomic E-state index is 0.121. The molecule has 0 unspecified atom stereocenters. The zero-order valence-corrected chi connectivity index (χ0v) is 15.2. The number of urea groups is 1. The fourth-order valence-corrected chi connectivity index (χ4v) is 2.49. The summed E-state index contributed by atoms with van der Waals surface area (Å²) in [5.41, 5.74) is 2.85. The van der Waals surface area contributed by atoms with Crippen molar-refractivity contribution >= 4 is 17.6 Å². The molecule has 0 heterocycles. The maximum absolute atomic E-state index is 11.9. The summed E-state index contributed by atoms with van der Waals surface area (Å²) in [5, 5.41) is 8.38. The smallest absolute Gasteiger partial charge is 0.315 e. The fourth-order valence-electron chi connectivity index (χ4n) is 2.49. The van der Waals surface area contributed by atoms with E-state index in [-0.39, 0.29) is 11.9 Å². The molecule has 0 fully saturated rings. The Bertz CT molecular complexity index is 729. The normalized spacial score (nSPS) is 10.1. The molecule has 0 spiro atoms. The standard InChI is InChI=1S/C20H25N3O3/c1-15(24)23-18-7-3-5-17(13-18)14-22-20(25)21-12-4-6-16-8-10-19(26-2)11-9-16/h3,5,7-11,13H,4,6,12,14H2,1-2H3,(H,23,24)(H2,21,22,25). The molecule has 3 amide bonds. The second-order valence-corrected chi connectivity index (χ2v) is 5.94. The van der Waals surface area contributed by atoms with Crippen LogP contribution in [0.2, 0.25) is 0 Å². The van der Waals surface area contributed by atoms with Crippen molar-refractivity contribution in [3.63, 3.8) is 0 Å². The monoisotopic (exact) mass is 355 g/mol. The molecule has 0 saturated heterocycles. The lowest BCUT2D eigenvalue weighted by Gasteiger charge is -2.09. The molecule has 138 valence electrons. The van der Waals surface area contributed by atoms with Crippen LogP contribution in [0.25, 0.3) is 0 Å². The number of nitrogens with one attached hydrogen (secondary N) is 3. The molecule has 0 bridgehead atoms. The van der Waals surface area contributed by atoms with E-state index in [1.54, 1.807) is 7.11 Å². The summed E-state index contributed by atoms with van der Waals surface area (Å²) < 4.78 is 5.13. The van der Waals surface area contributed by atoms with Gasteiger partial charge in [-0.25, -0.2) is 4.79 Å². The van der Waals surface area contributed by atoms with E-state index in [4.69, 9.17) is 4.74 Å². The molecule has 0 aliphatic rings. The maximum Gasteiger partial charge on any atom is 0.315 e. The van der Waals surface area contributed by atoms with E-state index in [0.29, 0.717) is 13.1 Å². The molecule has 0 aromatic heterocycles. The number of ether oxygens (including phenoxy) is 1. The Kier molecular flexibility index (Phi) is 7.49. The molecular formula is C20H25N3O3. The van der Waals surface area contributed by atoms with Crippen molar-refractivity contribution in [3.8, 4) is 5.75 Å². The summed E-state index contributed by atoms with van der Waals surface area (Å²) in [7, 11) is 1.65. The number of benzene rings is 2. The van der Waals surface area contributed by atoms with Crippen molar-refractivity contribution < 1.29 is 14.3 Å². The highest BCUT2D eigenvalue weighted by atomic mass is 16.5. The summed E-state index contributed by atoms with van der Waals surface area (Å²) in [5.74, 6) is 0.721. The van der Waals surface area contributed by atoms with E-state index in [9.17, 15) is 9.59 Å². The summed E-state index contributed by atoms with van der Waals surface area (Å²) in [6, 6.07) is 15.1. The van der Waals surface area contributed by atoms with E-state index in [1.165, 1.54) is 12.5 Å². The lowest BCUT2D eigenvalue weighted by Crippen LogP contribution is -2.35. The van der Waals surface area contributed by atoms with Gasteiger partial charge >= 0.3 is 6.03 Å². The largest absolute Gasteiger partial charge is 0.497 e. The van der Waals surface area contributed by atoms with Crippen LogP contribution in [0.4, 0.5) is 10.5 Å². The van der Waals surface area contributed by atoms with Gasteiger partial charge in [-0.2, -0.15) is 0 Å². The molecule has 3 N–H and O–H groups in total. The minimum Gasteiger partial charge on any atom is -0.497 e. The van der Waals surface area contributed by atoms with E-state index in [0.717, 1.165) is 29.8 Å². The molecule has 2 aromatic carbocycles. The Morgan fingerprint density at radius 3 is 2.46 bits per heavy atom. The first-order chi connectivity index (χ1) is 12.6. The zero-order chi connectivity index (χ0) is 18.8. The Balaban J connectivity index is 1.66. The molecule has 6 nitrogen and oxygen atoms in total. The van der Waals surface area contributed by atoms with Crippen LogP contribution in [0.3, 0.4) is 0 Å². The number of hydrogen-bond acceptors (Lipinski definition) is 3. The number of carbonyl (C=O) groups excluding carboxylic acids is 2. The number of aryl methyl sites for hydroxylation is 1. The first-order valence-corrected chi connectivity index (χ1v) is 8.58. The number of amides is 3. The number of methoxy groups -OCH3 is 1. The molecule has 0 aliphatic carbocycles. The Hall–Kier alpha value is -3.02. The summed E-state index contributed by atoms with van der Waals surface area (Å²) in [6.45, 7) is 2.46. The van der Waals surface area contributed by atoms with Crippen molar-refractivity contribution in [2.24, 2.45) is 0 Å². The van der Waals surface area contributed by atoms with Gasteiger partial charge in [0.15, 0.2) is 0 Å². The van der Waals surface area contributed by atoms with Crippen molar-refractivity contribution in [1.29, 1.82) is 0 Å². The highest BCUT2D eigenvalue weighted by Gasteiger charge is 2.02. The fraction of sp³-hybridized carbons (Fsp3) is 0.300. The summed E-state index contributed by atoms with van der Waals surface area (Å²) >= 11 is 0. The van der Waals surface area contributed by atoms with Crippen molar-refractivity contribution in [3.05, 3.63) is 59.7 Å². The van der Waals surface area contributed by atoms with Gasteiger partial charge in [0.25, 0.3) is 0 Å². The minimum atomic E-state index is -0.204. The third-order valence-electron chi connectivity index (χ3n) is 3.79. The average molecular weight is 355 g/mol. The van der Waals surface area contributed by atoms with Gasteiger partial charge < -0.3 is 20.7 Å². The van der Waals surface area contributed by atoms with Gasteiger partial charge in [0.05, 0.1) is 7.11 Å². The van der Waals surface area contributed by atoms with Crippen LogP contribution in [0.5, 0.6) is 5.75 Å². The van der Waals surface area contributed by atoms with Crippen molar-refractivity contribution in [2.75, 3.05) is 19.0 Å². The molecule has 26 heavy (non-hydrogen) atoms. The first kappa shape index (κ1) is 19.3. The first-order valence-electron chi connectivity index (χ1n) is 8.58. The number of rotatable bonds is 8. The second-order valence-electron chi connectivity index (χ2n) is 5.94. The molecular weight excluding hydrogens is 330 g/mol. The van der Waals surface area contributed by atoms with E-state index < -0.39 is 0 Å². The molecule has 0 saturated carbocycles. The Morgan fingerprint density at radius 2 is 1.77 bits per heavy atom. The van der Waals surface area contributed by atoms with E-state index >= 15 is 0 Å². The zero-order valence-electron chi connectivity index (χ0n) is 15.2. The van der Waals surface area contributed by atoms with E-state index in [2.05, 4.69) is 16.0 Å².